The Hall–Kier alpha value is -2.82. The minimum Gasteiger partial charge on any atom is -0.497 e. The molecule has 1 aliphatic rings. The molecule has 1 aliphatic heterocycles. The van der Waals surface area contributed by atoms with Crippen molar-refractivity contribution >= 4 is 17.5 Å². The quantitative estimate of drug-likeness (QED) is 0.881. The van der Waals surface area contributed by atoms with Gasteiger partial charge in [-0.05, 0) is 41.8 Å². The third kappa shape index (κ3) is 4.38. The Morgan fingerprint density at radius 3 is 2.64 bits per heavy atom. The van der Waals surface area contributed by atoms with Crippen LogP contribution in [-0.4, -0.2) is 25.5 Å². The first-order valence-corrected chi connectivity index (χ1v) is 8.44. The monoisotopic (exact) mass is 338 g/mol. The van der Waals surface area contributed by atoms with Gasteiger partial charge in [0.05, 0.1) is 13.5 Å². The molecule has 0 radical (unpaired) electrons. The number of benzene rings is 2. The van der Waals surface area contributed by atoms with E-state index in [1.54, 1.807) is 7.11 Å². The number of ether oxygens (including phenoxy) is 1. The Morgan fingerprint density at radius 2 is 1.96 bits per heavy atom. The highest BCUT2D eigenvalue weighted by Gasteiger charge is 2.21. The molecular formula is C20H22N2O3. The molecule has 2 aromatic carbocycles. The summed E-state index contributed by atoms with van der Waals surface area (Å²) in [6.07, 6.45) is 1.86. The SMILES string of the molecule is COc1cccc(CC(=O)NCc2ccc(N3CCCC3=O)cc2)c1. The lowest BCUT2D eigenvalue weighted by molar-refractivity contribution is -0.120. The average molecular weight is 338 g/mol. The maximum absolute atomic E-state index is 12.1. The summed E-state index contributed by atoms with van der Waals surface area (Å²) in [6.45, 7) is 1.26. The Morgan fingerprint density at radius 1 is 1.16 bits per heavy atom. The molecule has 0 aromatic heterocycles. The second-order valence-electron chi connectivity index (χ2n) is 6.12. The number of carbonyl (C=O) groups excluding carboxylic acids is 2. The highest BCUT2D eigenvalue weighted by Crippen LogP contribution is 2.21. The fourth-order valence-electron chi connectivity index (χ4n) is 2.95. The third-order valence-electron chi connectivity index (χ3n) is 4.31. The van der Waals surface area contributed by atoms with E-state index in [9.17, 15) is 9.59 Å². The number of nitrogens with zero attached hydrogens (tertiary/aromatic N) is 1. The van der Waals surface area contributed by atoms with Crippen LogP contribution in [0.4, 0.5) is 5.69 Å². The van der Waals surface area contributed by atoms with Crippen molar-refractivity contribution in [2.45, 2.75) is 25.8 Å². The number of amides is 2. The van der Waals surface area contributed by atoms with Crippen molar-refractivity contribution in [1.82, 2.24) is 5.32 Å². The van der Waals surface area contributed by atoms with Crippen molar-refractivity contribution in [2.24, 2.45) is 0 Å². The van der Waals surface area contributed by atoms with Crippen LogP contribution in [0.1, 0.15) is 24.0 Å². The molecule has 130 valence electrons. The molecule has 1 saturated heterocycles. The van der Waals surface area contributed by atoms with Gasteiger partial charge in [-0.25, -0.2) is 0 Å². The van der Waals surface area contributed by atoms with Crippen LogP contribution in [0, 0.1) is 0 Å². The van der Waals surface area contributed by atoms with Crippen LogP contribution in [0.15, 0.2) is 48.5 Å². The van der Waals surface area contributed by atoms with Crippen LogP contribution in [0.25, 0.3) is 0 Å². The molecule has 0 bridgehead atoms. The van der Waals surface area contributed by atoms with Crippen molar-refractivity contribution < 1.29 is 14.3 Å². The molecule has 2 aromatic rings. The van der Waals surface area contributed by atoms with Crippen LogP contribution in [-0.2, 0) is 22.6 Å². The van der Waals surface area contributed by atoms with Gasteiger partial charge in [-0.15, -0.1) is 0 Å². The molecule has 1 heterocycles. The van der Waals surface area contributed by atoms with E-state index in [0.717, 1.165) is 35.5 Å². The van der Waals surface area contributed by atoms with E-state index in [1.165, 1.54) is 0 Å². The summed E-state index contributed by atoms with van der Waals surface area (Å²) in [5, 5.41) is 2.92. The molecule has 0 spiro atoms. The Labute approximate surface area is 147 Å². The van der Waals surface area contributed by atoms with Crippen molar-refractivity contribution in [3.05, 3.63) is 59.7 Å². The van der Waals surface area contributed by atoms with Gasteiger partial charge in [0, 0.05) is 25.2 Å². The molecule has 1 fully saturated rings. The summed E-state index contributed by atoms with van der Waals surface area (Å²) >= 11 is 0. The predicted molar refractivity (Wildman–Crippen MR) is 96.6 cm³/mol. The van der Waals surface area contributed by atoms with E-state index in [1.807, 2.05) is 53.4 Å². The minimum atomic E-state index is -0.0351. The topological polar surface area (TPSA) is 58.6 Å². The number of methoxy groups -OCH3 is 1. The van der Waals surface area contributed by atoms with Crippen LogP contribution < -0.4 is 15.0 Å². The predicted octanol–water partition coefficient (Wildman–Crippen LogP) is 2.68. The van der Waals surface area contributed by atoms with Gasteiger partial charge in [0.25, 0.3) is 0 Å². The van der Waals surface area contributed by atoms with E-state index in [-0.39, 0.29) is 11.8 Å². The highest BCUT2D eigenvalue weighted by molar-refractivity contribution is 5.95. The van der Waals surface area contributed by atoms with Gasteiger partial charge in [0.2, 0.25) is 11.8 Å². The standard InChI is InChI=1S/C20H22N2O3/c1-25-18-5-2-4-16(12-18)13-19(23)21-14-15-7-9-17(10-8-15)22-11-3-6-20(22)24/h2,4-5,7-10,12H,3,6,11,13-14H2,1H3,(H,21,23). The summed E-state index contributed by atoms with van der Waals surface area (Å²) in [5.41, 5.74) is 2.85. The minimum absolute atomic E-state index is 0.0351. The normalized spacial score (nSPS) is 13.8. The fraction of sp³-hybridized carbons (Fsp3) is 0.300. The highest BCUT2D eigenvalue weighted by atomic mass is 16.5. The van der Waals surface area contributed by atoms with Crippen molar-refractivity contribution in [3.63, 3.8) is 0 Å². The lowest BCUT2D eigenvalue weighted by Gasteiger charge is -2.16. The van der Waals surface area contributed by atoms with E-state index in [0.29, 0.717) is 19.4 Å². The molecule has 5 nitrogen and oxygen atoms in total. The molecule has 3 rings (SSSR count). The Bertz CT molecular complexity index is 756. The molecule has 1 N–H and O–H groups in total. The molecule has 5 heteroatoms. The van der Waals surface area contributed by atoms with E-state index in [2.05, 4.69) is 5.32 Å². The van der Waals surface area contributed by atoms with E-state index >= 15 is 0 Å². The van der Waals surface area contributed by atoms with Gasteiger partial charge < -0.3 is 15.0 Å². The lowest BCUT2D eigenvalue weighted by Crippen LogP contribution is -2.25. The van der Waals surface area contributed by atoms with E-state index < -0.39 is 0 Å². The van der Waals surface area contributed by atoms with Crippen LogP contribution in [0.5, 0.6) is 5.75 Å². The summed E-state index contributed by atoms with van der Waals surface area (Å²) in [4.78, 5) is 25.7. The van der Waals surface area contributed by atoms with Crippen molar-refractivity contribution in [3.8, 4) is 5.75 Å². The summed E-state index contributed by atoms with van der Waals surface area (Å²) in [6, 6.07) is 15.3. The molecule has 0 unspecified atom stereocenters. The Kier molecular flexibility index (Phi) is 5.33. The molecule has 25 heavy (non-hydrogen) atoms. The zero-order valence-electron chi connectivity index (χ0n) is 14.3. The maximum Gasteiger partial charge on any atom is 0.227 e. The molecule has 0 saturated carbocycles. The van der Waals surface area contributed by atoms with E-state index in [4.69, 9.17) is 4.74 Å². The number of hydrogen-bond acceptors (Lipinski definition) is 3. The van der Waals surface area contributed by atoms with Gasteiger partial charge >= 0.3 is 0 Å². The van der Waals surface area contributed by atoms with Crippen LogP contribution in [0.3, 0.4) is 0 Å². The summed E-state index contributed by atoms with van der Waals surface area (Å²) in [5.74, 6) is 0.892. The maximum atomic E-state index is 12.1. The lowest BCUT2D eigenvalue weighted by atomic mass is 10.1. The van der Waals surface area contributed by atoms with Crippen LogP contribution >= 0.6 is 0 Å². The number of hydrogen-bond donors (Lipinski definition) is 1. The molecule has 2 amide bonds. The fourth-order valence-corrected chi connectivity index (χ4v) is 2.95. The second kappa shape index (κ2) is 7.83. The van der Waals surface area contributed by atoms with Crippen molar-refractivity contribution in [1.29, 1.82) is 0 Å². The summed E-state index contributed by atoms with van der Waals surface area (Å²) < 4.78 is 5.17. The molecular weight excluding hydrogens is 316 g/mol. The Balaban J connectivity index is 1.52. The van der Waals surface area contributed by atoms with Gasteiger partial charge in [-0.1, -0.05) is 24.3 Å². The van der Waals surface area contributed by atoms with Crippen LogP contribution in [0.2, 0.25) is 0 Å². The van der Waals surface area contributed by atoms with Gasteiger partial charge in [0.15, 0.2) is 0 Å². The smallest absolute Gasteiger partial charge is 0.227 e. The number of anilines is 1. The first-order valence-electron chi connectivity index (χ1n) is 8.44. The second-order valence-corrected chi connectivity index (χ2v) is 6.12. The van der Waals surface area contributed by atoms with Gasteiger partial charge in [0.1, 0.15) is 5.75 Å². The average Bonchev–Trinajstić information content (AvgIpc) is 3.06. The first kappa shape index (κ1) is 17.0. The number of rotatable bonds is 6. The molecule has 0 atom stereocenters. The zero-order valence-corrected chi connectivity index (χ0v) is 14.3. The number of carbonyl (C=O) groups is 2. The third-order valence-corrected chi connectivity index (χ3v) is 4.31. The summed E-state index contributed by atoms with van der Waals surface area (Å²) in [7, 11) is 1.61. The van der Waals surface area contributed by atoms with Gasteiger partial charge in [-0.3, -0.25) is 9.59 Å². The molecule has 0 aliphatic carbocycles. The first-order chi connectivity index (χ1) is 12.2. The van der Waals surface area contributed by atoms with Gasteiger partial charge in [-0.2, -0.15) is 0 Å². The zero-order chi connectivity index (χ0) is 17.6. The largest absolute Gasteiger partial charge is 0.497 e. The van der Waals surface area contributed by atoms with Crippen molar-refractivity contribution in [2.75, 3.05) is 18.6 Å². The number of nitrogens with one attached hydrogen (secondary N) is 1.